The highest BCUT2D eigenvalue weighted by Crippen LogP contribution is 2.61. The van der Waals surface area contributed by atoms with Gasteiger partial charge in [-0.1, -0.05) is 0 Å². The van der Waals surface area contributed by atoms with E-state index in [0.29, 0.717) is 17.5 Å². The van der Waals surface area contributed by atoms with Crippen LogP contribution in [0.2, 0.25) is 0 Å². The normalized spacial score (nSPS) is 54.5. The Hall–Kier alpha value is -0.570. The summed E-state index contributed by atoms with van der Waals surface area (Å²) in [5, 5.41) is 9.46. The minimum absolute atomic E-state index is 0.0716. The first-order chi connectivity index (χ1) is 10.1. The summed E-state index contributed by atoms with van der Waals surface area (Å²) in [6.07, 6.45) is 12.2. The summed E-state index contributed by atoms with van der Waals surface area (Å²) < 4.78 is 0. The van der Waals surface area contributed by atoms with Crippen molar-refractivity contribution in [2.75, 3.05) is 6.54 Å². The molecule has 0 aromatic carbocycles. The van der Waals surface area contributed by atoms with E-state index < -0.39 is 5.97 Å². The van der Waals surface area contributed by atoms with E-state index in [1.807, 2.05) is 0 Å². The molecule has 3 atom stereocenters. The second-order valence-corrected chi connectivity index (χ2v) is 9.07. The highest BCUT2D eigenvalue weighted by atomic mass is 16.4. The maximum atomic E-state index is 11.5. The first-order valence-electron chi connectivity index (χ1n) is 9.10. The summed E-state index contributed by atoms with van der Waals surface area (Å²) in [6.45, 7) is 1.23. The molecule has 3 unspecified atom stereocenters. The summed E-state index contributed by atoms with van der Waals surface area (Å²) in [4.78, 5) is 14.1. The van der Waals surface area contributed by atoms with Gasteiger partial charge in [-0.3, -0.25) is 9.69 Å². The van der Waals surface area contributed by atoms with Gasteiger partial charge in [0.1, 0.15) is 0 Å². The third kappa shape index (κ3) is 1.85. The highest BCUT2D eigenvalue weighted by molar-refractivity contribution is 5.71. The molecular weight excluding hydrogens is 262 g/mol. The standard InChI is InChI=1S/C18H27NO2/c20-17(21)15-6-14-1-2-16(15)19(14)10-18-7-11-3-12(8-18)5-13(4-11)9-18/h11-16H,1-10H2,(H,20,21). The predicted molar refractivity (Wildman–Crippen MR) is 79.9 cm³/mol. The molecule has 2 aliphatic heterocycles. The van der Waals surface area contributed by atoms with Crippen LogP contribution in [0, 0.1) is 29.1 Å². The van der Waals surface area contributed by atoms with E-state index >= 15 is 0 Å². The van der Waals surface area contributed by atoms with Gasteiger partial charge in [-0.05, 0) is 81.0 Å². The Bertz CT molecular complexity index is 439. The van der Waals surface area contributed by atoms with Crippen molar-refractivity contribution in [3.05, 3.63) is 0 Å². The fourth-order valence-electron chi connectivity index (χ4n) is 7.48. The van der Waals surface area contributed by atoms with Gasteiger partial charge in [0.25, 0.3) is 0 Å². The van der Waals surface area contributed by atoms with Gasteiger partial charge < -0.3 is 5.11 Å². The lowest BCUT2D eigenvalue weighted by Crippen LogP contribution is -2.52. The Morgan fingerprint density at radius 2 is 1.62 bits per heavy atom. The van der Waals surface area contributed by atoms with Crippen LogP contribution in [-0.4, -0.2) is 34.6 Å². The monoisotopic (exact) mass is 289 g/mol. The van der Waals surface area contributed by atoms with Crippen LogP contribution >= 0.6 is 0 Å². The molecule has 6 bridgehead atoms. The lowest BCUT2D eigenvalue weighted by atomic mass is 9.49. The molecule has 0 spiro atoms. The van der Waals surface area contributed by atoms with E-state index in [4.69, 9.17) is 0 Å². The minimum Gasteiger partial charge on any atom is -0.481 e. The highest BCUT2D eigenvalue weighted by Gasteiger charge is 2.55. The molecule has 6 fully saturated rings. The van der Waals surface area contributed by atoms with Crippen molar-refractivity contribution >= 4 is 5.97 Å². The van der Waals surface area contributed by atoms with Crippen LogP contribution in [-0.2, 0) is 4.79 Å². The molecule has 0 amide bonds. The Morgan fingerprint density at radius 3 is 2.14 bits per heavy atom. The molecule has 116 valence electrons. The van der Waals surface area contributed by atoms with Gasteiger partial charge in [-0.15, -0.1) is 0 Å². The molecule has 0 aromatic rings. The van der Waals surface area contributed by atoms with E-state index in [-0.39, 0.29) is 5.92 Å². The fourth-order valence-corrected chi connectivity index (χ4v) is 7.48. The maximum Gasteiger partial charge on any atom is 0.308 e. The number of hydrogen-bond acceptors (Lipinski definition) is 2. The van der Waals surface area contributed by atoms with Gasteiger partial charge in [0, 0.05) is 18.6 Å². The number of fused-ring (bicyclic) bond motifs is 2. The van der Waals surface area contributed by atoms with Crippen molar-refractivity contribution in [3.63, 3.8) is 0 Å². The van der Waals surface area contributed by atoms with Crippen molar-refractivity contribution in [2.45, 2.75) is 69.9 Å². The first kappa shape index (κ1) is 12.9. The van der Waals surface area contributed by atoms with Crippen LogP contribution in [0.15, 0.2) is 0 Å². The van der Waals surface area contributed by atoms with Gasteiger partial charge in [0.2, 0.25) is 0 Å². The number of carboxylic acid groups (broad SMARTS) is 1. The minimum atomic E-state index is -0.544. The summed E-state index contributed by atoms with van der Waals surface area (Å²) in [6, 6.07) is 0.949. The van der Waals surface area contributed by atoms with Crippen LogP contribution < -0.4 is 0 Å². The van der Waals surface area contributed by atoms with E-state index in [9.17, 15) is 9.90 Å². The molecule has 3 nitrogen and oxygen atoms in total. The van der Waals surface area contributed by atoms with E-state index in [1.165, 1.54) is 51.5 Å². The molecule has 1 N–H and O–H groups in total. The number of hydrogen-bond donors (Lipinski definition) is 1. The molecule has 3 heteroatoms. The SMILES string of the molecule is O=C(O)C1CC2CCC1N2CC12CC3CC(CC(C3)C1)C2. The second-order valence-electron chi connectivity index (χ2n) is 9.07. The molecule has 4 aliphatic carbocycles. The van der Waals surface area contributed by atoms with Crippen molar-refractivity contribution < 1.29 is 9.90 Å². The van der Waals surface area contributed by atoms with E-state index in [0.717, 1.165) is 30.6 Å². The molecule has 2 heterocycles. The number of aliphatic carboxylic acids is 1. The number of rotatable bonds is 3. The molecule has 0 aromatic heterocycles. The summed E-state index contributed by atoms with van der Waals surface area (Å²) in [5.74, 6) is 2.40. The van der Waals surface area contributed by atoms with Crippen LogP contribution in [0.1, 0.15) is 57.8 Å². The largest absolute Gasteiger partial charge is 0.481 e. The van der Waals surface area contributed by atoms with Gasteiger partial charge >= 0.3 is 5.97 Å². The Morgan fingerprint density at radius 1 is 1.00 bits per heavy atom. The van der Waals surface area contributed by atoms with Crippen LogP contribution in [0.25, 0.3) is 0 Å². The Balaban J connectivity index is 1.37. The summed E-state index contributed by atoms with van der Waals surface area (Å²) in [5.41, 5.74) is 0.572. The zero-order valence-corrected chi connectivity index (χ0v) is 12.8. The molecule has 4 saturated carbocycles. The van der Waals surface area contributed by atoms with Gasteiger partial charge in [-0.2, -0.15) is 0 Å². The average Bonchev–Trinajstić information content (AvgIpc) is 2.93. The molecule has 6 aliphatic rings. The fraction of sp³-hybridized carbons (Fsp3) is 0.944. The van der Waals surface area contributed by atoms with Crippen LogP contribution in [0.4, 0.5) is 0 Å². The third-order valence-electron chi connectivity index (χ3n) is 7.68. The molecule has 0 radical (unpaired) electrons. The summed E-state index contributed by atoms with van der Waals surface area (Å²) in [7, 11) is 0. The van der Waals surface area contributed by atoms with Gasteiger partial charge in [0.05, 0.1) is 5.92 Å². The lowest BCUT2D eigenvalue weighted by molar-refractivity contribution is -0.143. The molecular formula is C18H27NO2. The number of carboxylic acids is 1. The zero-order chi connectivity index (χ0) is 14.2. The molecule has 6 rings (SSSR count). The molecule has 2 saturated heterocycles. The quantitative estimate of drug-likeness (QED) is 0.867. The van der Waals surface area contributed by atoms with Crippen molar-refractivity contribution in [1.82, 2.24) is 4.90 Å². The smallest absolute Gasteiger partial charge is 0.308 e. The van der Waals surface area contributed by atoms with Crippen molar-refractivity contribution in [2.24, 2.45) is 29.1 Å². The number of nitrogens with zero attached hydrogens (tertiary/aromatic N) is 1. The average molecular weight is 289 g/mol. The summed E-state index contributed by atoms with van der Waals surface area (Å²) >= 11 is 0. The van der Waals surface area contributed by atoms with Gasteiger partial charge in [0.15, 0.2) is 0 Å². The lowest BCUT2D eigenvalue weighted by Gasteiger charge is -2.58. The topological polar surface area (TPSA) is 40.5 Å². The number of carbonyl (C=O) groups is 1. The van der Waals surface area contributed by atoms with E-state index in [2.05, 4.69) is 4.90 Å². The molecule has 21 heavy (non-hydrogen) atoms. The van der Waals surface area contributed by atoms with E-state index in [1.54, 1.807) is 0 Å². The maximum absolute atomic E-state index is 11.5. The second kappa shape index (κ2) is 4.24. The van der Waals surface area contributed by atoms with Crippen molar-refractivity contribution in [3.8, 4) is 0 Å². The van der Waals surface area contributed by atoms with Crippen LogP contribution in [0.3, 0.4) is 0 Å². The third-order valence-corrected chi connectivity index (χ3v) is 7.68. The zero-order valence-electron chi connectivity index (χ0n) is 12.8. The van der Waals surface area contributed by atoms with Crippen molar-refractivity contribution in [1.29, 1.82) is 0 Å². The predicted octanol–water partition coefficient (Wildman–Crippen LogP) is 3.14. The first-order valence-corrected chi connectivity index (χ1v) is 9.10. The van der Waals surface area contributed by atoms with Gasteiger partial charge in [-0.25, -0.2) is 0 Å². The van der Waals surface area contributed by atoms with Crippen LogP contribution in [0.5, 0.6) is 0 Å². The Labute approximate surface area is 127 Å². The Kier molecular flexibility index (Phi) is 2.61.